The van der Waals surface area contributed by atoms with Crippen molar-refractivity contribution in [3.05, 3.63) is 85.1 Å². The Morgan fingerprint density at radius 1 is 0.571 bits per heavy atom. The van der Waals surface area contributed by atoms with Crippen molar-refractivity contribution in [2.24, 2.45) is 0 Å². The van der Waals surface area contributed by atoms with Gasteiger partial charge in [-0.15, -0.1) is 0 Å². The van der Waals surface area contributed by atoms with E-state index in [-0.39, 0.29) is 26.1 Å². The number of hydrogen-bond donors (Lipinski definition) is 2. The maximum Gasteiger partial charge on any atom is 0.472 e. The molecule has 0 aromatic rings. The van der Waals surface area contributed by atoms with E-state index in [1.807, 2.05) is 0 Å². The molecule has 0 aromatic carbocycles. The van der Waals surface area contributed by atoms with E-state index in [1.165, 1.54) is 25.7 Å². The smallest absolute Gasteiger partial charge is 0.462 e. The molecule has 0 aliphatic carbocycles. The van der Waals surface area contributed by atoms with Gasteiger partial charge >= 0.3 is 19.8 Å². The van der Waals surface area contributed by atoms with Gasteiger partial charge in [0.15, 0.2) is 6.10 Å². The molecule has 0 aliphatic rings. The standard InChI is InChI=1S/C46H78NO8P/c1-4-6-8-10-12-14-16-18-20-21-22-23-25-26-28-30-32-34-36-38-45(48)52-42-44(43-54-56(50,51)53-41-40-47-3)55-46(49)39-37-35-33-31-29-27-24-19-17-15-13-11-9-7-5-2/h6,8,12-15,18-20,22-24,26,28,44,47H,4-5,7,9-11,16-17,21,25,27,29-43H2,1-3H3,(H,50,51)/b8-6-,14-12-,15-13-,20-18-,23-22-,24-19-,28-26-. The fourth-order valence-corrected chi connectivity index (χ4v) is 6.01. The van der Waals surface area contributed by atoms with E-state index in [2.05, 4.69) is 104 Å². The largest absolute Gasteiger partial charge is 0.472 e. The summed E-state index contributed by atoms with van der Waals surface area (Å²) < 4.78 is 33.1. The molecule has 0 fully saturated rings. The Morgan fingerprint density at radius 2 is 1.02 bits per heavy atom. The summed E-state index contributed by atoms with van der Waals surface area (Å²) in [6.45, 7) is 4.01. The third-order valence-corrected chi connectivity index (χ3v) is 9.48. The predicted molar refractivity (Wildman–Crippen MR) is 233 cm³/mol. The molecule has 2 unspecified atom stereocenters. The highest BCUT2D eigenvalue weighted by molar-refractivity contribution is 7.47. The van der Waals surface area contributed by atoms with Gasteiger partial charge in [-0.25, -0.2) is 4.57 Å². The first-order valence-corrected chi connectivity index (χ1v) is 23.0. The van der Waals surface area contributed by atoms with E-state index in [1.54, 1.807) is 7.05 Å². The van der Waals surface area contributed by atoms with Gasteiger partial charge in [-0.2, -0.15) is 0 Å². The van der Waals surface area contributed by atoms with Crippen LogP contribution >= 0.6 is 7.82 Å². The molecule has 0 saturated heterocycles. The highest BCUT2D eigenvalue weighted by Crippen LogP contribution is 2.43. The molecule has 0 radical (unpaired) electrons. The summed E-state index contributed by atoms with van der Waals surface area (Å²) in [4.78, 5) is 35.0. The number of likely N-dealkylation sites (N-methyl/N-ethyl adjacent to an activating group) is 1. The molecule has 0 saturated carbocycles. The molecule has 0 bridgehead atoms. The molecule has 2 N–H and O–H groups in total. The topological polar surface area (TPSA) is 120 Å². The molecule has 0 spiro atoms. The summed E-state index contributed by atoms with van der Waals surface area (Å²) in [5, 5.41) is 2.82. The van der Waals surface area contributed by atoms with E-state index in [4.69, 9.17) is 18.5 Å². The van der Waals surface area contributed by atoms with E-state index in [0.717, 1.165) is 89.9 Å². The highest BCUT2D eigenvalue weighted by Gasteiger charge is 2.26. The van der Waals surface area contributed by atoms with Gasteiger partial charge in [0.2, 0.25) is 0 Å². The van der Waals surface area contributed by atoms with Gasteiger partial charge in [0.25, 0.3) is 0 Å². The quantitative estimate of drug-likeness (QED) is 0.0271. The third kappa shape index (κ3) is 40.8. The molecule has 9 nitrogen and oxygen atoms in total. The van der Waals surface area contributed by atoms with Crippen molar-refractivity contribution in [3.63, 3.8) is 0 Å². The first-order valence-electron chi connectivity index (χ1n) is 21.5. The third-order valence-electron chi connectivity index (χ3n) is 8.50. The number of hydrogen-bond acceptors (Lipinski definition) is 8. The Hall–Kier alpha value is -2.81. The van der Waals surface area contributed by atoms with Crippen LogP contribution in [-0.2, 0) is 32.7 Å². The normalized spacial score (nSPS) is 14.1. The van der Waals surface area contributed by atoms with Crippen molar-refractivity contribution in [2.45, 2.75) is 161 Å². The fraction of sp³-hybridized carbons (Fsp3) is 0.652. The van der Waals surface area contributed by atoms with Gasteiger partial charge in [-0.05, 0) is 96.9 Å². The summed E-state index contributed by atoms with van der Waals surface area (Å²) in [5.41, 5.74) is 0. The number of unbranched alkanes of at least 4 members (excludes halogenated alkanes) is 11. The Morgan fingerprint density at radius 3 is 1.54 bits per heavy atom. The summed E-state index contributed by atoms with van der Waals surface area (Å²) in [5.74, 6) is -0.869. The van der Waals surface area contributed by atoms with E-state index < -0.39 is 32.5 Å². The number of phosphoric ester groups is 1. The van der Waals surface area contributed by atoms with E-state index in [0.29, 0.717) is 19.4 Å². The zero-order valence-electron chi connectivity index (χ0n) is 35.3. The minimum atomic E-state index is -4.37. The summed E-state index contributed by atoms with van der Waals surface area (Å²) in [6, 6.07) is 0. The van der Waals surface area contributed by atoms with Crippen LogP contribution in [0.4, 0.5) is 0 Å². The fourth-order valence-electron chi connectivity index (χ4n) is 5.25. The molecule has 56 heavy (non-hydrogen) atoms. The van der Waals surface area contributed by atoms with Crippen molar-refractivity contribution in [1.82, 2.24) is 5.32 Å². The second-order valence-corrected chi connectivity index (χ2v) is 15.2. The van der Waals surface area contributed by atoms with Gasteiger partial charge < -0.3 is 19.7 Å². The zero-order chi connectivity index (χ0) is 41.1. The number of nitrogens with one attached hydrogen (secondary N) is 1. The van der Waals surface area contributed by atoms with Crippen molar-refractivity contribution < 1.29 is 37.6 Å². The predicted octanol–water partition coefficient (Wildman–Crippen LogP) is 12.3. The lowest BCUT2D eigenvalue weighted by Gasteiger charge is -2.20. The lowest BCUT2D eigenvalue weighted by Crippen LogP contribution is -2.29. The lowest BCUT2D eigenvalue weighted by atomic mass is 10.1. The van der Waals surface area contributed by atoms with Crippen molar-refractivity contribution in [2.75, 3.05) is 33.4 Å². The van der Waals surface area contributed by atoms with E-state index in [9.17, 15) is 19.0 Å². The maximum absolute atomic E-state index is 12.6. The van der Waals surface area contributed by atoms with Crippen molar-refractivity contribution >= 4 is 19.8 Å². The van der Waals surface area contributed by atoms with Crippen LogP contribution < -0.4 is 5.32 Å². The summed E-state index contributed by atoms with van der Waals surface area (Å²) in [6.07, 6.45) is 50.5. The molecule has 0 aromatic heterocycles. The molecule has 0 heterocycles. The molecule has 0 amide bonds. The number of ether oxygens (including phenoxy) is 2. The maximum atomic E-state index is 12.6. The number of allylic oxidation sites excluding steroid dienone is 14. The Labute approximate surface area is 341 Å². The van der Waals surface area contributed by atoms with Crippen molar-refractivity contribution in [1.29, 1.82) is 0 Å². The average molecular weight is 804 g/mol. The Kier molecular flexibility index (Phi) is 39.7. The summed E-state index contributed by atoms with van der Waals surface area (Å²) >= 11 is 0. The first kappa shape index (κ1) is 53.2. The van der Waals surface area contributed by atoms with Gasteiger partial charge in [0.05, 0.1) is 13.2 Å². The summed E-state index contributed by atoms with van der Waals surface area (Å²) in [7, 11) is -2.67. The highest BCUT2D eigenvalue weighted by atomic mass is 31.2. The molecule has 0 aliphatic heterocycles. The molecular weight excluding hydrogens is 725 g/mol. The van der Waals surface area contributed by atoms with Crippen LogP contribution in [0.1, 0.15) is 155 Å². The number of carbonyl (C=O) groups excluding carboxylic acids is 2. The van der Waals surface area contributed by atoms with Crippen LogP contribution in [0.2, 0.25) is 0 Å². The number of carbonyl (C=O) groups is 2. The van der Waals surface area contributed by atoms with Gasteiger partial charge in [-0.3, -0.25) is 18.6 Å². The molecule has 320 valence electrons. The van der Waals surface area contributed by atoms with Crippen LogP contribution in [0.25, 0.3) is 0 Å². The lowest BCUT2D eigenvalue weighted by molar-refractivity contribution is -0.161. The number of phosphoric acid groups is 1. The average Bonchev–Trinajstić information content (AvgIpc) is 3.18. The van der Waals surface area contributed by atoms with Crippen LogP contribution in [-0.4, -0.2) is 56.3 Å². The molecular formula is C46H78NO8P. The number of esters is 2. The van der Waals surface area contributed by atoms with Gasteiger partial charge in [-0.1, -0.05) is 137 Å². The SMILES string of the molecule is CC/C=C\C/C=C\C/C=C\C/C=C\C/C=C\CCCCCC(=O)OCC(COP(=O)(O)OCCNC)OC(=O)CCCCCCC/C=C\C/C=C\CCCCC. The zero-order valence-corrected chi connectivity index (χ0v) is 36.2. The second-order valence-electron chi connectivity index (χ2n) is 13.8. The molecule has 2 atom stereocenters. The van der Waals surface area contributed by atoms with Crippen LogP contribution in [0, 0.1) is 0 Å². The van der Waals surface area contributed by atoms with Gasteiger partial charge in [0, 0.05) is 19.4 Å². The van der Waals surface area contributed by atoms with E-state index >= 15 is 0 Å². The minimum absolute atomic E-state index is 0.0301. The van der Waals surface area contributed by atoms with Gasteiger partial charge in [0.1, 0.15) is 6.61 Å². The van der Waals surface area contributed by atoms with Crippen LogP contribution in [0.5, 0.6) is 0 Å². The second kappa shape index (κ2) is 41.8. The van der Waals surface area contributed by atoms with Crippen molar-refractivity contribution in [3.8, 4) is 0 Å². The molecule has 0 rings (SSSR count). The van der Waals surface area contributed by atoms with Crippen LogP contribution in [0.15, 0.2) is 85.1 Å². The Balaban J connectivity index is 4.33. The Bertz CT molecular complexity index is 1190. The molecule has 10 heteroatoms. The first-order chi connectivity index (χ1) is 27.3. The minimum Gasteiger partial charge on any atom is -0.462 e. The number of rotatable bonds is 39. The van der Waals surface area contributed by atoms with Crippen LogP contribution in [0.3, 0.4) is 0 Å². The monoisotopic (exact) mass is 804 g/mol.